The van der Waals surface area contributed by atoms with Crippen molar-refractivity contribution in [3.05, 3.63) is 23.3 Å². The molecule has 1 aromatic carbocycles. The minimum Gasteiger partial charge on any atom is -0.549 e. The number of benzene rings is 1. The van der Waals surface area contributed by atoms with Gasteiger partial charge >= 0.3 is 122 Å². The summed E-state index contributed by atoms with van der Waals surface area (Å²) in [5, 5.41) is 63.0. The van der Waals surface area contributed by atoms with Crippen LogP contribution in [0.4, 0.5) is 0 Å². The molecule has 31 heavy (non-hydrogen) atoms. The van der Waals surface area contributed by atoms with Gasteiger partial charge in [-0.3, -0.25) is 9.80 Å². The van der Waals surface area contributed by atoms with E-state index in [0.29, 0.717) is 0 Å². The first-order chi connectivity index (χ1) is 13.0. The molecular weight excluding hydrogens is 524 g/mol. The maximum absolute atomic E-state index is 10.7. The van der Waals surface area contributed by atoms with Crippen molar-refractivity contribution in [1.82, 2.24) is 9.80 Å². The fourth-order valence-corrected chi connectivity index (χ4v) is 2.47. The Labute approximate surface area is 275 Å². The Morgan fingerprint density at radius 2 is 0.871 bits per heavy atom. The molecule has 0 fully saturated rings. The minimum absolute atomic E-state index is 0. The number of carboxylic acids is 4. The van der Waals surface area contributed by atoms with Gasteiger partial charge in [0, 0.05) is 50.4 Å². The van der Waals surface area contributed by atoms with Crippen LogP contribution in [-0.2, 0) is 51.7 Å². The Hall–Kier alpha value is 0.516. The van der Waals surface area contributed by atoms with Gasteiger partial charge in [0.15, 0.2) is 11.5 Å². The average molecular weight is 540 g/mol. The molecule has 0 aliphatic heterocycles. The van der Waals surface area contributed by atoms with E-state index in [4.69, 9.17) is 0 Å². The Balaban J connectivity index is -0.00000261. The molecular formula is C16H16K2N2O10Zn. The third kappa shape index (κ3) is 14.4. The monoisotopic (exact) mass is 538 g/mol. The number of carbonyl (C=O) groups excluding carboxylic acids is 4. The van der Waals surface area contributed by atoms with Crippen LogP contribution >= 0.6 is 0 Å². The molecule has 0 atom stereocenters. The number of hydrogen-bond acceptors (Lipinski definition) is 12. The van der Waals surface area contributed by atoms with Crippen molar-refractivity contribution in [2.75, 3.05) is 26.2 Å². The van der Waals surface area contributed by atoms with Crippen LogP contribution in [0.1, 0.15) is 11.1 Å². The van der Waals surface area contributed by atoms with Crippen LogP contribution in [-0.4, -0.2) is 70.1 Å². The molecule has 12 nitrogen and oxygen atoms in total. The zero-order chi connectivity index (χ0) is 21.4. The van der Waals surface area contributed by atoms with E-state index in [1.165, 1.54) is 12.1 Å². The quantitative estimate of drug-likeness (QED) is 0.187. The van der Waals surface area contributed by atoms with E-state index in [-0.39, 0.29) is 146 Å². The predicted octanol–water partition coefficient (Wildman–Crippen LogP) is -12.3. The molecule has 0 aromatic heterocycles. The van der Waals surface area contributed by atoms with Gasteiger partial charge in [0.1, 0.15) is 0 Å². The van der Waals surface area contributed by atoms with Gasteiger partial charge in [-0.2, -0.15) is 0 Å². The summed E-state index contributed by atoms with van der Waals surface area (Å²) < 4.78 is 0. The van der Waals surface area contributed by atoms with Crippen molar-refractivity contribution >= 4 is 23.9 Å². The second-order valence-corrected chi connectivity index (χ2v) is 5.86. The van der Waals surface area contributed by atoms with E-state index < -0.39 is 61.6 Å². The van der Waals surface area contributed by atoms with Crippen LogP contribution in [0, 0.1) is 0 Å². The largest absolute Gasteiger partial charge is 2.00 e. The number of carboxylic acid groups (broad SMARTS) is 4. The van der Waals surface area contributed by atoms with Gasteiger partial charge in [-0.05, 0) is 0 Å². The van der Waals surface area contributed by atoms with Gasteiger partial charge in [-0.25, -0.2) is 0 Å². The maximum Gasteiger partial charge on any atom is 2.00 e. The zero-order valence-electron chi connectivity index (χ0n) is 17.2. The SMILES string of the molecule is O=C([O-])CN(CC(=O)[O-])Cc1ccc(CN(CC(=O)[O-])CC(=O)[O-])c(O)c1O.[K+].[K+].[Zn+2]. The summed E-state index contributed by atoms with van der Waals surface area (Å²) in [4.78, 5) is 44.5. The van der Waals surface area contributed by atoms with E-state index in [2.05, 4.69) is 0 Å². The summed E-state index contributed by atoms with van der Waals surface area (Å²) in [6.07, 6.45) is 0. The van der Waals surface area contributed by atoms with Gasteiger partial charge in [-0.1, -0.05) is 12.1 Å². The first-order valence-electron chi connectivity index (χ1n) is 7.76. The van der Waals surface area contributed by atoms with Crippen LogP contribution in [0.25, 0.3) is 0 Å². The second kappa shape index (κ2) is 17.9. The molecule has 0 aliphatic rings. The number of aromatic hydroxyl groups is 2. The summed E-state index contributed by atoms with van der Waals surface area (Å²) in [5.74, 6) is -7.69. The first-order valence-corrected chi connectivity index (χ1v) is 7.76. The first kappa shape index (κ1) is 36.1. The number of phenols is 2. The number of hydrogen-bond donors (Lipinski definition) is 2. The Kier molecular flexibility index (Phi) is 20.9. The van der Waals surface area contributed by atoms with E-state index in [0.717, 1.165) is 9.80 Å². The van der Waals surface area contributed by atoms with E-state index in [1.54, 1.807) is 0 Å². The van der Waals surface area contributed by atoms with Crippen molar-refractivity contribution in [3.8, 4) is 11.5 Å². The van der Waals surface area contributed by atoms with Crippen LogP contribution in [0.2, 0.25) is 0 Å². The van der Waals surface area contributed by atoms with Gasteiger partial charge in [-0.15, -0.1) is 0 Å². The molecule has 0 amide bonds. The zero-order valence-corrected chi connectivity index (χ0v) is 26.4. The van der Waals surface area contributed by atoms with Crippen LogP contribution in [0.15, 0.2) is 12.1 Å². The van der Waals surface area contributed by atoms with Crippen molar-refractivity contribution in [3.63, 3.8) is 0 Å². The summed E-state index contributed by atoms with van der Waals surface area (Å²) in [6.45, 7) is -3.88. The van der Waals surface area contributed by atoms with Crippen molar-refractivity contribution in [1.29, 1.82) is 0 Å². The summed E-state index contributed by atoms with van der Waals surface area (Å²) in [5.41, 5.74) is -0.0646. The van der Waals surface area contributed by atoms with Crippen LogP contribution in [0.3, 0.4) is 0 Å². The number of carbonyl (C=O) groups is 4. The third-order valence-corrected chi connectivity index (χ3v) is 3.52. The standard InChI is InChI=1S/C16H20N2O10.2K.Zn/c19-11(20)5-17(6-12(21)22)3-9-1-2-10(16(28)15(9)27)4-18(7-13(23)24)8-14(25)26;;;/h1-2,27-28H,3-8H2,(H,19,20)(H,21,22)(H,23,24)(H,25,26);;;/q;2*+1;+2/p-4. The fraction of sp³-hybridized carbons (Fsp3) is 0.375. The number of aliphatic carboxylic acids is 4. The van der Waals surface area contributed by atoms with Gasteiger partial charge in [0.2, 0.25) is 0 Å². The van der Waals surface area contributed by atoms with Gasteiger partial charge in [0.25, 0.3) is 0 Å². The van der Waals surface area contributed by atoms with Crippen LogP contribution < -0.4 is 123 Å². The van der Waals surface area contributed by atoms with E-state index >= 15 is 0 Å². The van der Waals surface area contributed by atoms with Gasteiger partial charge in [0.05, 0.1) is 23.9 Å². The third-order valence-electron chi connectivity index (χ3n) is 3.52. The van der Waals surface area contributed by atoms with Crippen LogP contribution in [0.5, 0.6) is 11.5 Å². The molecule has 154 valence electrons. The number of phenolic OH excluding ortho intramolecular Hbond substituents is 2. The maximum atomic E-state index is 10.7. The Morgan fingerprint density at radius 3 is 1.06 bits per heavy atom. The second-order valence-electron chi connectivity index (χ2n) is 5.86. The average Bonchev–Trinajstić information content (AvgIpc) is 2.52. The van der Waals surface area contributed by atoms with Crippen molar-refractivity contribution in [2.24, 2.45) is 0 Å². The molecule has 1 rings (SSSR count). The summed E-state index contributed by atoms with van der Waals surface area (Å²) >= 11 is 0. The molecule has 0 unspecified atom stereocenters. The molecule has 1 aromatic rings. The predicted molar refractivity (Wildman–Crippen MR) is 80.4 cm³/mol. The number of rotatable bonds is 12. The van der Waals surface area contributed by atoms with E-state index in [1.807, 2.05) is 0 Å². The fourth-order valence-electron chi connectivity index (χ4n) is 2.47. The molecule has 2 N–H and O–H groups in total. The molecule has 0 saturated carbocycles. The van der Waals surface area contributed by atoms with Gasteiger partial charge < -0.3 is 49.8 Å². The molecule has 0 radical (unpaired) electrons. The summed E-state index contributed by atoms with van der Waals surface area (Å²) in [6, 6.07) is 2.47. The minimum atomic E-state index is -1.57. The van der Waals surface area contributed by atoms with Crippen molar-refractivity contribution < 1.29 is 172 Å². The molecule has 0 heterocycles. The Bertz CT molecular complexity index is 686. The molecule has 0 saturated heterocycles. The normalized spacial score (nSPS) is 9.87. The molecule has 0 aliphatic carbocycles. The summed E-state index contributed by atoms with van der Waals surface area (Å²) in [7, 11) is 0. The molecule has 15 heteroatoms. The Morgan fingerprint density at radius 1 is 0.645 bits per heavy atom. The number of nitrogens with zero attached hydrogens (tertiary/aromatic N) is 2. The molecule has 0 bridgehead atoms. The van der Waals surface area contributed by atoms with E-state index in [9.17, 15) is 49.8 Å². The van der Waals surface area contributed by atoms with Crippen molar-refractivity contribution in [2.45, 2.75) is 13.1 Å². The molecule has 0 spiro atoms. The topological polar surface area (TPSA) is 207 Å². The smallest absolute Gasteiger partial charge is 0.549 e.